The van der Waals surface area contributed by atoms with Gasteiger partial charge >= 0.3 is 0 Å². The van der Waals surface area contributed by atoms with Crippen molar-refractivity contribution in [1.82, 2.24) is 24.9 Å². The molecule has 1 aliphatic heterocycles. The van der Waals surface area contributed by atoms with Crippen molar-refractivity contribution in [2.45, 2.75) is 19.1 Å². The van der Waals surface area contributed by atoms with Gasteiger partial charge in [0.15, 0.2) is 5.65 Å². The number of nitrogens with two attached hydrogens (primary N) is 1. The van der Waals surface area contributed by atoms with Crippen molar-refractivity contribution in [1.29, 1.82) is 0 Å². The predicted molar refractivity (Wildman–Crippen MR) is 124 cm³/mol. The SMILES string of the molecule is CC(N)CNC(=O)c1cc(-c2cnn3ccc(-c4cccs4)nc23)nc(N2CC(O)C2)c1. The minimum Gasteiger partial charge on any atom is -0.389 e. The maximum Gasteiger partial charge on any atom is 0.251 e. The largest absolute Gasteiger partial charge is 0.389 e. The molecular weight excluding hydrogens is 426 g/mol. The molecule has 1 fully saturated rings. The number of hydrogen-bond donors (Lipinski definition) is 3. The number of carbonyl (C=O) groups is 1. The number of rotatable bonds is 6. The summed E-state index contributed by atoms with van der Waals surface area (Å²) in [5.74, 6) is 0.407. The van der Waals surface area contributed by atoms with E-state index >= 15 is 0 Å². The van der Waals surface area contributed by atoms with E-state index in [1.165, 1.54) is 0 Å². The Balaban J connectivity index is 1.58. The van der Waals surface area contributed by atoms with Crippen molar-refractivity contribution < 1.29 is 9.90 Å². The second kappa shape index (κ2) is 8.30. The summed E-state index contributed by atoms with van der Waals surface area (Å²) in [6.45, 7) is 3.16. The van der Waals surface area contributed by atoms with Crippen molar-refractivity contribution in [3.8, 4) is 21.8 Å². The van der Waals surface area contributed by atoms with Crippen LogP contribution in [0.2, 0.25) is 0 Å². The lowest BCUT2D eigenvalue weighted by atomic mass is 10.1. The quantitative estimate of drug-likeness (QED) is 0.410. The first-order chi connectivity index (χ1) is 15.5. The Bertz CT molecular complexity index is 1260. The summed E-state index contributed by atoms with van der Waals surface area (Å²) in [7, 11) is 0. The first-order valence-corrected chi connectivity index (χ1v) is 11.2. The van der Waals surface area contributed by atoms with Gasteiger partial charge in [-0.1, -0.05) is 6.07 Å². The second-order valence-electron chi connectivity index (χ2n) is 7.96. The van der Waals surface area contributed by atoms with Crippen molar-refractivity contribution in [2.24, 2.45) is 5.73 Å². The van der Waals surface area contributed by atoms with E-state index in [-0.39, 0.29) is 18.1 Å². The van der Waals surface area contributed by atoms with Crippen LogP contribution >= 0.6 is 11.3 Å². The van der Waals surface area contributed by atoms with Crippen molar-refractivity contribution in [3.63, 3.8) is 0 Å². The number of pyridine rings is 1. The van der Waals surface area contributed by atoms with E-state index in [4.69, 9.17) is 15.7 Å². The number of β-amino-alcohol motifs (C(OH)–C–C–N with tert-alkyl or cyclic N) is 1. The van der Waals surface area contributed by atoms with E-state index in [1.807, 2.05) is 41.6 Å². The van der Waals surface area contributed by atoms with E-state index in [1.54, 1.807) is 34.2 Å². The smallest absolute Gasteiger partial charge is 0.251 e. The second-order valence-corrected chi connectivity index (χ2v) is 8.91. The Hall–Kier alpha value is -3.34. The number of nitrogens with zero attached hydrogens (tertiary/aromatic N) is 5. The van der Waals surface area contributed by atoms with Gasteiger partial charge in [0.1, 0.15) is 5.82 Å². The lowest BCUT2D eigenvalue weighted by Crippen LogP contribution is -2.51. The standard InChI is InChI=1S/C22H23N7O2S/c1-13(23)9-24-22(31)14-7-18(26-20(8-14)28-11-15(30)12-28)16-10-25-29-5-4-17(27-21(16)29)19-3-2-6-32-19/h2-8,10,13,15,30H,9,11-12,23H2,1H3,(H,24,31). The van der Waals surface area contributed by atoms with E-state index < -0.39 is 0 Å². The zero-order valence-corrected chi connectivity index (χ0v) is 18.3. The molecule has 4 aromatic heterocycles. The summed E-state index contributed by atoms with van der Waals surface area (Å²) in [6, 6.07) is 9.27. The van der Waals surface area contributed by atoms with Crippen LogP contribution in [0.25, 0.3) is 27.5 Å². The van der Waals surface area contributed by atoms with Crippen LogP contribution in [-0.2, 0) is 0 Å². The average molecular weight is 450 g/mol. The summed E-state index contributed by atoms with van der Waals surface area (Å²) in [4.78, 5) is 25.4. The number of carbonyl (C=O) groups excluding carboxylic acids is 1. The fourth-order valence-electron chi connectivity index (χ4n) is 3.56. The number of aliphatic hydroxyl groups excluding tert-OH is 1. The molecule has 0 bridgehead atoms. The zero-order valence-electron chi connectivity index (χ0n) is 17.5. The molecule has 32 heavy (non-hydrogen) atoms. The highest BCUT2D eigenvalue weighted by atomic mass is 32.1. The lowest BCUT2D eigenvalue weighted by Gasteiger charge is -2.37. The number of fused-ring (bicyclic) bond motifs is 1. The molecule has 0 radical (unpaired) electrons. The van der Waals surface area contributed by atoms with Gasteiger partial charge in [0, 0.05) is 37.4 Å². The highest BCUT2D eigenvalue weighted by molar-refractivity contribution is 7.13. The molecule has 1 amide bonds. The number of thiophene rings is 1. The highest BCUT2D eigenvalue weighted by Gasteiger charge is 2.27. The molecule has 1 aliphatic rings. The number of hydrogen-bond acceptors (Lipinski definition) is 8. The molecule has 0 spiro atoms. The van der Waals surface area contributed by atoms with Crippen LogP contribution in [0, 0.1) is 0 Å². The Morgan fingerprint density at radius 1 is 1.31 bits per heavy atom. The fraction of sp³-hybridized carbons (Fsp3) is 0.273. The summed E-state index contributed by atoms with van der Waals surface area (Å²) < 4.78 is 1.70. The minimum atomic E-state index is -0.386. The van der Waals surface area contributed by atoms with Crippen LogP contribution in [0.3, 0.4) is 0 Å². The highest BCUT2D eigenvalue weighted by Crippen LogP contribution is 2.30. The van der Waals surface area contributed by atoms with Gasteiger partial charge in [-0.3, -0.25) is 4.79 Å². The number of anilines is 1. The Morgan fingerprint density at radius 3 is 2.88 bits per heavy atom. The van der Waals surface area contributed by atoms with Gasteiger partial charge < -0.3 is 21.1 Å². The maximum atomic E-state index is 12.8. The van der Waals surface area contributed by atoms with Gasteiger partial charge in [0.2, 0.25) is 0 Å². The Morgan fingerprint density at radius 2 is 2.16 bits per heavy atom. The number of aromatic nitrogens is 4. The van der Waals surface area contributed by atoms with Crippen LogP contribution in [0.5, 0.6) is 0 Å². The fourth-order valence-corrected chi connectivity index (χ4v) is 4.25. The molecule has 4 N–H and O–H groups in total. The third-order valence-electron chi connectivity index (χ3n) is 5.26. The molecule has 10 heteroatoms. The molecule has 1 atom stereocenters. The normalized spacial score (nSPS) is 15.0. The van der Waals surface area contributed by atoms with Gasteiger partial charge in [-0.2, -0.15) is 5.10 Å². The van der Waals surface area contributed by atoms with Crippen LogP contribution in [0.4, 0.5) is 5.82 Å². The summed E-state index contributed by atoms with van der Waals surface area (Å²) in [5.41, 5.74) is 9.10. The van der Waals surface area contributed by atoms with Crippen LogP contribution < -0.4 is 16.0 Å². The summed E-state index contributed by atoms with van der Waals surface area (Å²) in [6.07, 6.45) is 3.19. The van der Waals surface area contributed by atoms with Gasteiger partial charge in [0.25, 0.3) is 5.91 Å². The molecule has 9 nitrogen and oxygen atoms in total. The number of amides is 1. The molecule has 5 rings (SSSR count). The number of nitrogens with one attached hydrogen (secondary N) is 1. The van der Waals surface area contributed by atoms with Crippen molar-refractivity contribution in [2.75, 3.05) is 24.5 Å². The molecule has 0 aromatic carbocycles. The molecule has 1 unspecified atom stereocenters. The molecule has 5 heterocycles. The number of aliphatic hydroxyl groups is 1. The van der Waals surface area contributed by atoms with Gasteiger partial charge in [-0.25, -0.2) is 14.5 Å². The Labute approximate surface area is 188 Å². The van der Waals surface area contributed by atoms with Crippen molar-refractivity contribution in [3.05, 3.63) is 53.7 Å². The molecule has 1 saturated heterocycles. The molecule has 0 saturated carbocycles. The minimum absolute atomic E-state index is 0.148. The monoisotopic (exact) mass is 449 g/mol. The predicted octanol–water partition coefficient (Wildman–Crippen LogP) is 1.78. The third-order valence-corrected chi connectivity index (χ3v) is 6.16. The Kier molecular flexibility index (Phi) is 5.33. The van der Waals surface area contributed by atoms with Crippen molar-refractivity contribution >= 4 is 28.7 Å². The van der Waals surface area contributed by atoms with E-state index in [9.17, 15) is 9.90 Å². The first kappa shape index (κ1) is 20.6. The first-order valence-electron chi connectivity index (χ1n) is 10.4. The van der Waals surface area contributed by atoms with E-state index in [0.29, 0.717) is 42.4 Å². The zero-order chi connectivity index (χ0) is 22.2. The molecule has 164 valence electrons. The van der Waals surface area contributed by atoms with Gasteiger partial charge in [-0.05, 0) is 36.6 Å². The van der Waals surface area contributed by atoms with Gasteiger partial charge in [0.05, 0.1) is 34.1 Å². The van der Waals surface area contributed by atoms with E-state index in [2.05, 4.69) is 10.4 Å². The third kappa shape index (κ3) is 3.95. The van der Waals surface area contributed by atoms with Crippen LogP contribution in [0.15, 0.2) is 48.1 Å². The van der Waals surface area contributed by atoms with Crippen LogP contribution in [0.1, 0.15) is 17.3 Å². The summed E-state index contributed by atoms with van der Waals surface area (Å²) in [5, 5.41) is 19.0. The molecule has 0 aliphatic carbocycles. The van der Waals surface area contributed by atoms with Gasteiger partial charge in [-0.15, -0.1) is 11.3 Å². The van der Waals surface area contributed by atoms with Crippen LogP contribution in [-0.4, -0.2) is 62.4 Å². The van der Waals surface area contributed by atoms with E-state index in [0.717, 1.165) is 16.1 Å². The molecule has 4 aromatic rings. The lowest BCUT2D eigenvalue weighted by molar-refractivity contribution is 0.0951. The molecular formula is C22H23N7O2S. The topological polar surface area (TPSA) is 122 Å². The maximum absolute atomic E-state index is 12.8. The summed E-state index contributed by atoms with van der Waals surface area (Å²) >= 11 is 1.62. The average Bonchev–Trinajstić information content (AvgIpc) is 3.44.